The molecule has 2 saturated heterocycles. The van der Waals surface area contributed by atoms with Crippen LogP contribution in [0.15, 0.2) is 41.3 Å². The Hall–Kier alpha value is -3.04. The first-order valence-electron chi connectivity index (χ1n) is 10.9. The number of halogens is 1. The number of carbonyl (C=O) groups excluding carboxylic acids is 3. The van der Waals surface area contributed by atoms with Crippen LogP contribution in [0.4, 0.5) is 4.79 Å². The summed E-state index contributed by atoms with van der Waals surface area (Å²) in [5, 5.41) is 8.84. The average molecular weight is 603 g/mol. The fourth-order valence-electron chi connectivity index (χ4n) is 3.86. The molecular weight excluding hydrogens is 581 g/mol. The number of rotatable bonds is 7. The van der Waals surface area contributed by atoms with Crippen LogP contribution in [0, 0.1) is 14.9 Å². The summed E-state index contributed by atoms with van der Waals surface area (Å²) in [4.78, 5) is 40.7. The zero-order valence-corrected chi connectivity index (χ0v) is 21.9. The fourth-order valence-corrected chi connectivity index (χ4v) is 5.48. The minimum absolute atomic E-state index is 0.194. The monoisotopic (exact) mass is 603 g/mol. The van der Waals surface area contributed by atoms with Crippen molar-refractivity contribution >= 4 is 57.5 Å². The quantitative estimate of drug-likeness (QED) is 0.342. The highest BCUT2D eigenvalue weighted by molar-refractivity contribution is 14.1. The predicted octanol–water partition coefficient (Wildman–Crippen LogP) is 4.41. The molecule has 2 aliphatic rings. The number of nitriles is 1. The lowest BCUT2D eigenvalue weighted by Gasteiger charge is -2.18. The lowest BCUT2D eigenvalue weighted by Crippen LogP contribution is -2.40. The summed E-state index contributed by atoms with van der Waals surface area (Å²) in [5.74, 6) is 0.292. The van der Waals surface area contributed by atoms with Crippen LogP contribution in [0.3, 0.4) is 0 Å². The Kier molecular flexibility index (Phi) is 7.97. The van der Waals surface area contributed by atoms with Gasteiger partial charge in [-0.15, -0.1) is 0 Å². The molecule has 0 bridgehead atoms. The Labute approximate surface area is 221 Å². The summed E-state index contributed by atoms with van der Waals surface area (Å²) < 4.78 is 12.2. The molecule has 0 unspecified atom stereocenters. The van der Waals surface area contributed by atoms with Crippen LogP contribution < -0.4 is 9.47 Å². The maximum atomic E-state index is 12.9. The summed E-state index contributed by atoms with van der Waals surface area (Å²) in [6, 6.07) is 12.9. The highest BCUT2D eigenvalue weighted by Gasteiger charge is 2.37. The van der Waals surface area contributed by atoms with Gasteiger partial charge >= 0.3 is 0 Å². The molecule has 2 fully saturated rings. The van der Waals surface area contributed by atoms with E-state index in [9.17, 15) is 19.6 Å². The van der Waals surface area contributed by atoms with Crippen molar-refractivity contribution in [1.82, 2.24) is 9.80 Å². The van der Waals surface area contributed by atoms with E-state index in [0.717, 1.165) is 38.6 Å². The van der Waals surface area contributed by atoms with E-state index in [1.807, 2.05) is 18.2 Å². The molecule has 3 amide bonds. The number of methoxy groups -OCH3 is 1. The summed E-state index contributed by atoms with van der Waals surface area (Å²) in [7, 11) is 1.52. The van der Waals surface area contributed by atoms with E-state index in [2.05, 4.69) is 28.7 Å². The van der Waals surface area contributed by atoms with Crippen molar-refractivity contribution in [3.05, 3.63) is 61.6 Å². The van der Waals surface area contributed by atoms with Gasteiger partial charge in [-0.1, -0.05) is 18.2 Å². The molecule has 2 aromatic rings. The molecule has 8 nitrogen and oxygen atoms in total. The molecule has 0 atom stereocenters. The second-order valence-electron chi connectivity index (χ2n) is 7.95. The van der Waals surface area contributed by atoms with Crippen LogP contribution in [0.2, 0.25) is 0 Å². The van der Waals surface area contributed by atoms with Crippen molar-refractivity contribution < 1.29 is 23.9 Å². The molecule has 2 aromatic carbocycles. The molecule has 0 spiro atoms. The highest BCUT2D eigenvalue weighted by atomic mass is 127. The number of amides is 3. The molecule has 180 valence electrons. The van der Waals surface area contributed by atoms with Gasteiger partial charge in [0, 0.05) is 18.7 Å². The van der Waals surface area contributed by atoms with E-state index in [0.29, 0.717) is 35.7 Å². The number of hydrogen-bond acceptors (Lipinski definition) is 7. The minimum atomic E-state index is -0.477. The first-order chi connectivity index (χ1) is 16.9. The summed E-state index contributed by atoms with van der Waals surface area (Å²) in [6.45, 7) is 1.29. The van der Waals surface area contributed by atoms with Crippen LogP contribution >= 0.6 is 34.4 Å². The number of nitrogens with zero attached hydrogens (tertiary/aromatic N) is 3. The lowest BCUT2D eigenvalue weighted by molar-refractivity contribution is -0.135. The van der Waals surface area contributed by atoms with Crippen LogP contribution in [-0.4, -0.2) is 53.6 Å². The van der Waals surface area contributed by atoms with Gasteiger partial charge in [-0.3, -0.25) is 19.3 Å². The maximum Gasteiger partial charge on any atom is 0.294 e. The third kappa shape index (κ3) is 5.62. The van der Waals surface area contributed by atoms with Crippen molar-refractivity contribution in [2.75, 3.05) is 26.7 Å². The number of benzene rings is 2. The van der Waals surface area contributed by atoms with Crippen molar-refractivity contribution in [3.63, 3.8) is 0 Å². The van der Waals surface area contributed by atoms with Gasteiger partial charge in [-0.2, -0.15) is 5.26 Å². The molecule has 0 N–H and O–H groups in total. The Morgan fingerprint density at radius 3 is 2.69 bits per heavy atom. The van der Waals surface area contributed by atoms with E-state index in [-0.39, 0.29) is 24.0 Å². The van der Waals surface area contributed by atoms with E-state index in [1.165, 1.54) is 7.11 Å². The van der Waals surface area contributed by atoms with Gasteiger partial charge in [0.05, 0.1) is 27.2 Å². The molecule has 35 heavy (non-hydrogen) atoms. The zero-order chi connectivity index (χ0) is 24.9. The topological polar surface area (TPSA) is 99.9 Å². The Morgan fingerprint density at radius 1 is 1.23 bits per heavy atom. The second-order valence-corrected chi connectivity index (χ2v) is 10.1. The molecule has 0 aliphatic carbocycles. The zero-order valence-electron chi connectivity index (χ0n) is 19.0. The highest BCUT2D eigenvalue weighted by Crippen LogP contribution is 2.37. The smallest absolute Gasteiger partial charge is 0.294 e. The van der Waals surface area contributed by atoms with E-state index in [1.54, 1.807) is 29.2 Å². The Morgan fingerprint density at radius 2 is 1.97 bits per heavy atom. The van der Waals surface area contributed by atoms with Gasteiger partial charge < -0.3 is 14.4 Å². The Bertz CT molecular complexity index is 1250. The van der Waals surface area contributed by atoms with Gasteiger partial charge in [0.25, 0.3) is 11.1 Å². The standard InChI is InChI=1S/C25H22IN3O5S/c1-33-20-11-16(10-19(26)23(20)34-15-18-7-3-2-6-17(18)13-27)12-21-24(31)29(25(32)35-21)14-22(30)28-8-4-5-9-28/h2-3,6-7,10-12H,4-5,8-9,14-15H2,1H3/b21-12+. The molecule has 0 aromatic heterocycles. The summed E-state index contributed by atoms with van der Waals surface area (Å²) >= 11 is 2.93. The minimum Gasteiger partial charge on any atom is -0.493 e. The van der Waals surface area contributed by atoms with Gasteiger partial charge in [-0.25, -0.2) is 0 Å². The largest absolute Gasteiger partial charge is 0.493 e. The van der Waals surface area contributed by atoms with E-state index >= 15 is 0 Å². The lowest BCUT2D eigenvalue weighted by atomic mass is 10.1. The van der Waals surface area contributed by atoms with Crippen molar-refractivity contribution in [1.29, 1.82) is 5.26 Å². The van der Waals surface area contributed by atoms with Crippen LogP contribution in [0.25, 0.3) is 6.08 Å². The fraction of sp³-hybridized carbons (Fsp3) is 0.280. The molecule has 2 aliphatic heterocycles. The summed E-state index contributed by atoms with van der Waals surface area (Å²) in [5.41, 5.74) is 1.96. The number of ether oxygens (including phenoxy) is 2. The molecule has 10 heteroatoms. The predicted molar refractivity (Wildman–Crippen MR) is 140 cm³/mol. The number of imide groups is 1. The first-order valence-corrected chi connectivity index (χ1v) is 12.8. The molecule has 2 heterocycles. The van der Waals surface area contributed by atoms with Crippen molar-refractivity contribution in [2.45, 2.75) is 19.4 Å². The van der Waals surface area contributed by atoms with Gasteiger partial charge in [0.2, 0.25) is 5.91 Å². The van der Waals surface area contributed by atoms with Crippen molar-refractivity contribution in [2.24, 2.45) is 0 Å². The van der Waals surface area contributed by atoms with E-state index in [4.69, 9.17) is 9.47 Å². The second kappa shape index (κ2) is 11.1. The van der Waals surface area contributed by atoms with Gasteiger partial charge in [0.1, 0.15) is 13.2 Å². The van der Waals surface area contributed by atoms with Crippen LogP contribution in [0.1, 0.15) is 29.5 Å². The number of thioether (sulfide) groups is 1. The normalized spacial score (nSPS) is 16.7. The SMILES string of the molecule is COc1cc(/C=C2/SC(=O)N(CC(=O)N3CCCC3)C2=O)cc(I)c1OCc1ccccc1C#N. The molecular formula is C25H22IN3O5S. The van der Waals surface area contributed by atoms with Crippen LogP contribution in [-0.2, 0) is 16.2 Å². The third-order valence-electron chi connectivity index (χ3n) is 5.69. The number of likely N-dealkylation sites (tertiary alicyclic amines) is 1. The molecule has 0 saturated carbocycles. The summed E-state index contributed by atoms with van der Waals surface area (Å²) in [6.07, 6.45) is 3.50. The van der Waals surface area contributed by atoms with Gasteiger partial charge in [0.15, 0.2) is 11.5 Å². The number of hydrogen-bond donors (Lipinski definition) is 0. The number of carbonyl (C=O) groups is 3. The molecule has 4 rings (SSSR count). The third-order valence-corrected chi connectivity index (χ3v) is 7.39. The van der Waals surface area contributed by atoms with Crippen LogP contribution in [0.5, 0.6) is 11.5 Å². The van der Waals surface area contributed by atoms with Gasteiger partial charge in [-0.05, 0) is 77.0 Å². The molecule has 0 radical (unpaired) electrons. The Balaban J connectivity index is 1.51. The first kappa shape index (κ1) is 25.1. The van der Waals surface area contributed by atoms with Crippen molar-refractivity contribution in [3.8, 4) is 17.6 Å². The van der Waals surface area contributed by atoms with E-state index < -0.39 is 11.1 Å². The maximum absolute atomic E-state index is 12.9. The average Bonchev–Trinajstić information content (AvgIpc) is 3.48.